The van der Waals surface area contributed by atoms with Gasteiger partial charge in [0.25, 0.3) is 5.91 Å². The average molecular weight is 495 g/mol. The number of aromatic nitrogens is 2. The second-order valence-corrected chi connectivity index (χ2v) is 10.0. The van der Waals surface area contributed by atoms with Gasteiger partial charge in [-0.1, -0.05) is 12.1 Å². The van der Waals surface area contributed by atoms with Gasteiger partial charge in [0.2, 0.25) is 0 Å². The summed E-state index contributed by atoms with van der Waals surface area (Å²) in [7, 11) is 5.17. The molecule has 9 nitrogen and oxygen atoms in total. The molecule has 1 amide bonds. The van der Waals surface area contributed by atoms with Gasteiger partial charge in [-0.2, -0.15) is 0 Å². The molecular formula is C27H34N4O5. The highest BCUT2D eigenvalue weighted by Crippen LogP contribution is 2.35. The summed E-state index contributed by atoms with van der Waals surface area (Å²) in [5, 5.41) is 3.65. The molecule has 4 rings (SSSR count). The van der Waals surface area contributed by atoms with Crippen LogP contribution in [0.2, 0.25) is 0 Å². The van der Waals surface area contributed by atoms with Crippen LogP contribution in [0.4, 0.5) is 10.6 Å². The normalized spacial score (nSPS) is 16.6. The van der Waals surface area contributed by atoms with Crippen molar-refractivity contribution in [3.63, 3.8) is 0 Å². The van der Waals surface area contributed by atoms with Crippen molar-refractivity contribution in [2.75, 3.05) is 33.1 Å². The van der Waals surface area contributed by atoms with E-state index < -0.39 is 18.0 Å². The Labute approximate surface area is 211 Å². The maximum absolute atomic E-state index is 13.3. The van der Waals surface area contributed by atoms with Gasteiger partial charge in [-0.3, -0.25) is 9.69 Å². The summed E-state index contributed by atoms with van der Waals surface area (Å²) in [4.78, 5) is 32.9. The van der Waals surface area contributed by atoms with E-state index in [9.17, 15) is 9.59 Å². The first-order chi connectivity index (χ1) is 17.1. The highest BCUT2D eigenvalue weighted by atomic mass is 16.7. The van der Waals surface area contributed by atoms with Gasteiger partial charge in [-0.25, -0.2) is 14.3 Å². The zero-order valence-corrected chi connectivity index (χ0v) is 21.7. The third-order valence-corrected chi connectivity index (χ3v) is 6.27. The zero-order valence-electron chi connectivity index (χ0n) is 21.7. The fourth-order valence-electron chi connectivity index (χ4n) is 4.58. The number of ether oxygens (including phenoxy) is 3. The van der Waals surface area contributed by atoms with Crippen LogP contribution in [-0.4, -0.2) is 59.9 Å². The molecule has 192 valence electrons. The molecule has 1 saturated heterocycles. The molecule has 1 N–H and O–H groups in total. The molecule has 9 heteroatoms. The molecule has 0 aliphatic carbocycles. The number of nitrogens with one attached hydrogen (secondary N) is 1. The first-order valence-corrected chi connectivity index (χ1v) is 12.0. The summed E-state index contributed by atoms with van der Waals surface area (Å²) < 4.78 is 17.9. The molecular weight excluding hydrogens is 460 g/mol. The molecule has 0 spiro atoms. The molecule has 0 unspecified atom stereocenters. The second kappa shape index (κ2) is 10.4. The average Bonchev–Trinajstić information content (AvgIpc) is 3.42. The van der Waals surface area contributed by atoms with E-state index in [0.717, 1.165) is 36.0 Å². The first-order valence-electron chi connectivity index (χ1n) is 12.0. The van der Waals surface area contributed by atoms with Crippen LogP contribution in [0.25, 0.3) is 10.9 Å². The van der Waals surface area contributed by atoms with E-state index in [0.29, 0.717) is 16.9 Å². The van der Waals surface area contributed by atoms with Crippen molar-refractivity contribution >= 4 is 28.7 Å². The number of anilines is 1. The lowest BCUT2D eigenvalue weighted by Gasteiger charge is -2.24. The Balaban J connectivity index is 1.65. The van der Waals surface area contributed by atoms with Gasteiger partial charge in [0.1, 0.15) is 11.4 Å². The highest BCUT2D eigenvalue weighted by Gasteiger charge is 2.30. The fraction of sp³-hybridized carbons (Fsp3) is 0.444. The lowest BCUT2D eigenvalue weighted by molar-refractivity contribution is -0.106. The van der Waals surface area contributed by atoms with E-state index >= 15 is 0 Å². The third kappa shape index (κ3) is 5.43. The number of pyridine rings is 1. The van der Waals surface area contributed by atoms with Gasteiger partial charge in [0.05, 0.1) is 11.6 Å². The zero-order chi connectivity index (χ0) is 26.0. The Hall–Kier alpha value is -3.27. The predicted molar refractivity (Wildman–Crippen MR) is 137 cm³/mol. The van der Waals surface area contributed by atoms with Crippen LogP contribution >= 0.6 is 0 Å². The number of carbonyl (C=O) groups is 2. The number of hydrogen-bond donors (Lipinski definition) is 1. The number of benzene rings is 1. The van der Waals surface area contributed by atoms with E-state index in [4.69, 9.17) is 14.2 Å². The van der Waals surface area contributed by atoms with Crippen molar-refractivity contribution in [1.82, 2.24) is 14.5 Å². The van der Waals surface area contributed by atoms with Crippen LogP contribution in [-0.2, 0) is 14.2 Å². The van der Waals surface area contributed by atoms with Gasteiger partial charge in [-0.05, 0) is 65.4 Å². The lowest BCUT2D eigenvalue weighted by atomic mass is 10.1. The minimum absolute atomic E-state index is 0.101. The monoisotopic (exact) mass is 494 g/mol. The first kappa shape index (κ1) is 25.8. The number of amides is 1. The Morgan fingerprint density at radius 3 is 2.39 bits per heavy atom. The number of rotatable bonds is 6. The van der Waals surface area contributed by atoms with E-state index in [-0.39, 0.29) is 11.9 Å². The van der Waals surface area contributed by atoms with Crippen LogP contribution in [0, 0.1) is 0 Å². The van der Waals surface area contributed by atoms with Crippen LogP contribution in [0.15, 0.2) is 42.6 Å². The van der Waals surface area contributed by atoms with Crippen LogP contribution in [0.1, 0.15) is 67.6 Å². The van der Waals surface area contributed by atoms with E-state index in [1.807, 2.05) is 26.8 Å². The standard InChI is InChI=1S/C27H34N4O5/c1-27(2,3)36-26(33)31-21-15-23(28-16-19(21)14-22(31)20-8-7-13-30(20)4)29-24(32)17-9-11-18(12-10-17)25(34-5)35-6/h9-12,14-16,20,25H,7-8,13H2,1-6H3,(H,28,29,32)/t20-/m1/s1. The van der Waals surface area contributed by atoms with E-state index in [1.165, 1.54) is 0 Å². The molecule has 0 saturated carbocycles. The molecule has 1 aliphatic heterocycles. The van der Waals surface area contributed by atoms with Gasteiger partial charge in [0.15, 0.2) is 6.29 Å². The third-order valence-electron chi connectivity index (χ3n) is 6.27. The summed E-state index contributed by atoms with van der Waals surface area (Å²) in [5.74, 6) is 0.0309. The Kier molecular flexibility index (Phi) is 7.44. The van der Waals surface area contributed by atoms with Crippen molar-refractivity contribution in [2.24, 2.45) is 0 Å². The number of hydrogen-bond acceptors (Lipinski definition) is 7. The van der Waals surface area contributed by atoms with Crippen LogP contribution < -0.4 is 5.32 Å². The largest absolute Gasteiger partial charge is 0.443 e. The van der Waals surface area contributed by atoms with E-state index in [2.05, 4.69) is 22.2 Å². The molecule has 2 aromatic heterocycles. The fourth-order valence-corrected chi connectivity index (χ4v) is 4.58. The van der Waals surface area contributed by atoms with Gasteiger partial charge < -0.3 is 19.5 Å². The maximum atomic E-state index is 13.3. The molecule has 1 fully saturated rings. The Morgan fingerprint density at radius 1 is 1.11 bits per heavy atom. The van der Waals surface area contributed by atoms with Crippen molar-refractivity contribution in [3.8, 4) is 0 Å². The molecule has 3 aromatic rings. The van der Waals surface area contributed by atoms with Gasteiger partial charge in [0, 0.05) is 48.7 Å². The summed E-state index contributed by atoms with van der Waals surface area (Å²) in [6.07, 6.45) is 2.74. The number of methoxy groups -OCH3 is 2. The highest BCUT2D eigenvalue weighted by molar-refractivity contribution is 6.04. The molecule has 0 bridgehead atoms. The van der Waals surface area contributed by atoms with Gasteiger partial charge >= 0.3 is 6.09 Å². The smallest absolute Gasteiger partial charge is 0.419 e. The quantitative estimate of drug-likeness (QED) is 0.475. The maximum Gasteiger partial charge on any atom is 0.419 e. The minimum atomic E-state index is -0.645. The van der Waals surface area contributed by atoms with Gasteiger partial charge in [-0.15, -0.1) is 0 Å². The summed E-state index contributed by atoms with van der Waals surface area (Å²) >= 11 is 0. The summed E-state index contributed by atoms with van der Waals surface area (Å²) in [6.45, 7) is 6.50. The number of fused-ring (bicyclic) bond motifs is 1. The molecule has 0 radical (unpaired) electrons. The number of likely N-dealkylation sites (tertiary alicyclic amines) is 1. The summed E-state index contributed by atoms with van der Waals surface area (Å²) in [5.41, 5.74) is 2.13. The lowest BCUT2D eigenvalue weighted by Crippen LogP contribution is -2.30. The minimum Gasteiger partial charge on any atom is -0.443 e. The van der Waals surface area contributed by atoms with Crippen LogP contribution in [0.5, 0.6) is 0 Å². The molecule has 1 aromatic carbocycles. The number of nitrogens with zero attached hydrogens (tertiary/aromatic N) is 3. The molecule has 36 heavy (non-hydrogen) atoms. The Bertz CT molecular complexity index is 1240. The van der Waals surface area contributed by atoms with Crippen molar-refractivity contribution in [1.29, 1.82) is 0 Å². The SMILES string of the molecule is COC(OC)c1ccc(C(=O)Nc2cc3c(cn2)cc([C@H]2CCCN2C)n3C(=O)OC(C)(C)C)cc1. The van der Waals surface area contributed by atoms with Crippen molar-refractivity contribution < 1.29 is 23.8 Å². The number of carbonyl (C=O) groups excluding carboxylic acids is 2. The topological polar surface area (TPSA) is 94.9 Å². The van der Waals surface area contributed by atoms with Crippen molar-refractivity contribution in [2.45, 2.75) is 51.5 Å². The summed E-state index contributed by atoms with van der Waals surface area (Å²) in [6, 6.07) is 10.8. The van der Waals surface area contributed by atoms with E-state index in [1.54, 1.807) is 55.3 Å². The molecule has 3 heterocycles. The van der Waals surface area contributed by atoms with Crippen LogP contribution in [0.3, 0.4) is 0 Å². The Morgan fingerprint density at radius 2 is 1.81 bits per heavy atom. The molecule has 1 aliphatic rings. The second-order valence-electron chi connectivity index (χ2n) is 10.0. The molecule has 1 atom stereocenters. The predicted octanol–water partition coefficient (Wildman–Crippen LogP) is 5.13. The van der Waals surface area contributed by atoms with Crippen molar-refractivity contribution in [3.05, 3.63) is 59.4 Å².